The smallest absolute Gasteiger partial charge is 0.326 e. The molecule has 0 bridgehead atoms. The fourth-order valence-electron chi connectivity index (χ4n) is 2.24. The lowest BCUT2D eigenvalue weighted by molar-refractivity contribution is -0.147. The summed E-state index contributed by atoms with van der Waals surface area (Å²) in [7, 11) is 0. The lowest BCUT2D eigenvalue weighted by atomic mass is 10.2. The number of aryl methyl sites for hydroxylation is 1. The summed E-state index contributed by atoms with van der Waals surface area (Å²) in [5, 5.41) is 15.2. The molecule has 1 atom stereocenters. The largest absolute Gasteiger partial charge is 0.480 e. The first-order valence-corrected chi connectivity index (χ1v) is 7.96. The average molecular weight is 327 g/mol. The van der Waals surface area contributed by atoms with Crippen LogP contribution in [0.15, 0.2) is 10.6 Å². The van der Waals surface area contributed by atoms with E-state index >= 15 is 0 Å². The molecule has 2 rings (SSSR count). The highest BCUT2D eigenvalue weighted by atomic mass is 32.2. The molecule has 0 aromatic carbocycles. The summed E-state index contributed by atoms with van der Waals surface area (Å²) < 4.78 is 4.82. The van der Waals surface area contributed by atoms with E-state index in [-0.39, 0.29) is 23.3 Å². The van der Waals surface area contributed by atoms with Crippen molar-refractivity contribution in [2.45, 2.75) is 25.8 Å². The van der Waals surface area contributed by atoms with Crippen LogP contribution in [0.1, 0.15) is 18.6 Å². The zero-order valence-electron chi connectivity index (χ0n) is 12.1. The number of likely N-dealkylation sites (tertiary alicyclic amines) is 1. The molecule has 8 nitrogen and oxygen atoms in total. The first-order valence-electron chi connectivity index (χ1n) is 6.80. The number of hydrogen-bond donors (Lipinski definition) is 2. The van der Waals surface area contributed by atoms with Crippen molar-refractivity contribution in [3.05, 3.63) is 11.8 Å². The molecule has 1 aromatic rings. The topological polar surface area (TPSA) is 113 Å². The van der Waals surface area contributed by atoms with E-state index in [1.807, 2.05) is 0 Å². The molecule has 0 saturated carbocycles. The Bertz CT molecular complexity index is 574. The molecule has 1 saturated heterocycles. The molecule has 0 aliphatic carbocycles. The van der Waals surface area contributed by atoms with Crippen LogP contribution in [0.2, 0.25) is 0 Å². The second kappa shape index (κ2) is 7.30. The minimum absolute atomic E-state index is 0.0784. The molecule has 0 radical (unpaired) electrons. The van der Waals surface area contributed by atoms with E-state index in [1.54, 1.807) is 13.0 Å². The number of rotatable bonds is 6. The summed E-state index contributed by atoms with van der Waals surface area (Å²) >= 11 is 1.14. The molecule has 9 heteroatoms. The van der Waals surface area contributed by atoms with Crippen molar-refractivity contribution in [2.24, 2.45) is 0 Å². The van der Waals surface area contributed by atoms with Gasteiger partial charge in [-0.15, -0.1) is 11.8 Å². The quantitative estimate of drug-likeness (QED) is 0.792. The van der Waals surface area contributed by atoms with E-state index in [4.69, 9.17) is 9.63 Å². The highest BCUT2D eigenvalue weighted by Gasteiger charge is 2.33. The van der Waals surface area contributed by atoms with E-state index in [0.717, 1.165) is 11.8 Å². The van der Waals surface area contributed by atoms with Crippen molar-refractivity contribution in [3.63, 3.8) is 0 Å². The van der Waals surface area contributed by atoms with Crippen molar-refractivity contribution in [2.75, 3.05) is 23.4 Å². The minimum atomic E-state index is -0.977. The van der Waals surface area contributed by atoms with E-state index in [9.17, 15) is 14.4 Å². The normalized spacial score (nSPS) is 17.5. The predicted octanol–water partition coefficient (Wildman–Crippen LogP) is 0.730. The third-order valence-corrected chi connectivity index (χ3v) is 4.13. The monoisotopic (exact) mass is 327 g/mol. The van der Waals surface area contributed by atoms with Gasteiger partial charge in [0.15, 0.2) is 5.82 Å². The Morgan fingerprint density at radius 3 is 2.91 bits per heavy atom. The molecule has 0 unspecified atom stereocenters. The van der Waals surface area contributed by atoms with Gasteiger partial charge in [0.05, 0.1) is 11.5 Å². The Labute approximate surface area is 131 Å². The van der Waals surface area contributed by atoms with E-state index in [2.05, 4.69) is 10.5 Å². The number of nitrogens with zero attached hydrogens (tertiary/aromatic N) is 2. The fourth-order valence-corrected chi connectivity index (χ4v) is 2.94. The first kappa shape index (κ1) is 16.3. The van der Waals surface area contributed by atoms with Crippen LogP contribution in [0.5, 0.6) is 0 Å². The van der Waals surface area contributed by atoms with Crippen LogP contribution in [0.3, 0.4) is 0 Å². The molecular formula is C13H17N3O5S. The SMILES string of the molecule is Cc1cc(NC(=O)CSCC(=O)N2CCC[C@H]2C(=O)O)no1. The molecule has 120 valence electrons. The van der Waals surface area contributed by atoms with Gasteiger partial charge in [0.25, 0.3) is 0 Å². The second-order valence-corrected chi connectivity index (χ2v) is 5.93. The van der Waals surface area contributed by atoms with Crippen LogP contribution in [-0.4, -0.2) is 57.0 Å². The van der Waals surface area contributed by atoms with Gasteiger partial charge < -0.3 is 19.8 Å². The zero-order valence-corrected chi connectivity index (χ0v) is 12.9. The number of hydrogen-bond acceptors (Lipinski definition) is 6. The standard InChI is InChI=1S/C13H17N3O5S/c1-8-5-10(15-21-8)14-11(17)6-22-7-12(18)16-4-2-3-9(16)13(19)20/h5,9H,2-4,6-7H2,1H3,(H,19,20)(H,14,15,17)/t9-/m0/s1. The summed E-state index contributed by atoms with van der Waals surface area (Å²) in [5.41, 5.74) is 0. The summed E-state index contributed by atoms with van der Waals surface area (Å²) in [6.07, 6.45) is 1.18. The van der Waals surface area contributed by atoms with Crippen LogP contribution in [0.25, 0.3) is 0 Å². The number of aromatic nitrogens is 1. The van der Waals surface area contributed by atoms with Gasteiger partial charge in [-0.2, -0.15) is 0 Å². The van der Waals surface area contributed by atoms with Crippen LogP contribution in [-0.2, 0) is 14.4 Å². The summed E-state index contributed by atoms with van der Waals surface area (Å²) in [6.45, 7) is 2.17. The Balaban J connectivity index is 1.72. The van der Waals surface area contributed by atoms with Gasteiger partial charge in [-0.05, 0) is 19.8 Å². The predicted molar refractivity (Wildman–Crippen MR) is 79.6 cm³/mol. The number of thioether (sulfide) groups is 1. The molecule has 22 heavy (non-hydrogen) atoms. The first-order chi connectivity index (χ1) is 10.5. The van der Waals surface area contributed by atoms with Crippen molar-refractivity contribution >= 4 is 35.4 Å². The number of anilines is 1. The summed E-state index contributed by atoms with van der Waals surface area (Å²) in [6, 6.07) is 0.857. The number of nitrogens with one attached hydrogen (secondary N) is 1. The summed E-state index contributed by atoms with van der Waals surface area (Å²) in [5.74, 6) is -0.429. The Hall–Kier alpha value is -2.03. The maximum Gasteiger partial charge on any atom is 0.326 e. The van der Waals surface area contributed by atoms with Crippen molar-refractivity contribution < 1.29 is 24.0 Å². The highest BCUT2D eigenvalue weighted by Crippen LogP contribution is 2.19. The lowest BCUT2D eigenvalue weighted by Crippen LogP contribution is -2.41. The Morgan fingerprint density at radius 1 is 1.50 bits per heavy atom. The Kier molecular flexibility index (Phi) is 5.42. The molecule has 1 aromatic heterocycles. The number of amides is 2. The van der Waals surface area contributed by atoms with Gasteiger partial charge in [-0.1, -0.05) is 5.16 Å². The fraction of sp³-hybridized carbons (Fsp3) is 0.538. The van der Waals surface area contributed by atoms with Gasteiger partial charge in [0, 0.05) is 12.6 Å². The van der Waals surface area contributed by atoms with Crippen LogP contribution < -0.4 is 5.32 Å². The number of aliphatic carboxylic acids is 1. The second-order valence-electron chi connectivity index (χ2n) is 4.95. The minimum Gasteiger partial charge on any atom is -0.480 e. The molecule has 2 N–H and O–H groups in total. The molecule has 1 aliphatic heterocycles. The number of carbonyl (C=O) groups excluding carboxylic acids is 2. The third-order valence-electron chi connectivity index (χ3n) is 3.21. The van der Waals surface area contributed by atoms with E-state index in [1.165, 1.54) is 4.90 Å². The summed E-state index contributed by atoms with van der Waals surface area (Å²) in [4.78, 5) is 36.0. The van der Waals surface area contributed by atoms with Crippen molar-refractivity contribution in [1.82, 2.24) is 10.1 Å². The molecule has 0 spiro atoms. The maximum atomic E-state index is 12.0. The number of carbonyl (C=O) groups is 3. The molecule has 1 fully saturated rings. The number of carboxylic acids is 1. The highest BCUT2D eigenvalue weighted by molar-refractivity contribution is 8.00. The molecular weight excluding hydrogens is 310 g/mol. The van der Waals surface area contributed by atoms with E-state index < -0.39 is 12.0 Å². The van der Waals surface area contributed by atoms with Crippen LogP contribution in [0, 0.1) is 6.92 Å². The van der Waals surface area contributed by atoms with Crippen molar-refractivity contribution in [1.29, 1.82) is 0 Å². The molecule has 2 heterocycles. The van der Waals surface area contributed by atoms with Crippen molar-refractivity contribution in [3.8, 4) is 0 Å². The molecule has 1 aliphatic rings. The van der Waals surface area contributed by atoms with Gasteiger partial charge in [0.1, 0.15) is 11.8 Å². The maximum absolute atomic E-state index is 12.0. The van der Waals surface area contributed by atoms with Crippen LogP contribution >= 0.6 is 11.8 Å². The average Bonchev–Trinajstić information content (AvgIpc) is 3.07. The molecule has 2 amide bonds. The third kappa shape index (κ3) is 4.23. The van der Waals surface area contributed by atoms with Gasteiger partial charge in [0.2, 0.25) is 11.8 Å². The van der Waals surface area contributed by atoms with Gasteiger partial charge in [-0.3, -0.25) is 9.59 Å². The van der Waals surface area contributed by atoms with Gasteiger partial charge in [-0.25, -0.2) is 4.79 Å². The Morgan fingerprint density at radius 2 is 2.27 bits per heavy atom. The number of carboxylic acid groups (broad SMARTS) is 1. The van der Waals surface area contributed by atoms with E-state index in [0.29, 0.717) is 31.0 Å². The van der Waals surface area contributed by atoms with Gasteiger partial charge >= 0.3 is 5.97 Å². The zero-order chi connectivity index (χ0) is 16.1. The van der Waals surface area contributed by atoms with Crippen LogP contribution in [0.4, 0.5) is 5.82 Å². The lowest BCUT2D eigenvalue weighted by Gasteiger charge is -2.21.